The molecule has 1 unspecified atom stereocenters. The van der Waals surface area contributed by atoms with Crippen LogP contribution in [0.4, 0.5) is 13.2 Å². The molecule has 28 heavy (non-hydrogen) atoms. The van der Waals surface area contributed by atoms with Crippen molar-refractivity contribution in [2.75, 3.05) is 13.1 Å². The Labute approximate surface area is 161 Å². The lowest BCUT2D eigenvalue weighted by Crippen LogP contribution is -2.44. The predicted octanol–water partition coefficient (Wildman–Crippen LogP) is 3.45. The fourth-order valence-electron chi connectivity index (χ4n) is 2.43. The largest absolute Gasteiger partial charge is 0.573 e. The Balaban J connectivity index is 2.09. The van der Waals surface area contributed by atoms with Gasteiger partial charge in [-0.1, -0.05) is 18.2 Å². The molecule has 154 valence electrons. The molecule has 0 fully saturated rings. The minimum atomic E-state index is -4.78. The summed E-state index contributed by atoms with van der Waals surface area (Å²) >= 11 is 0. The molecule has 1 aromatic heterocycles. The lowest BCUT2D eigenvalue weighted by molar-refractivity contribution is -0.274. The van der Waals surface area contributed by atoms with Gasteiger partial charge in [0.1, 0.15) is 22.9 Å². The van der Waals surface area contributed by atoms with Crippen LogP contribution >= 0.6 is 0 Å². The number of alkyl halides is 3. The van der Waals surface area contributed by atoms with E-state index < -0.39 is 12.0 Å². The van der Waals surface area contributed by atoms with Gasteiger partial charge in [0.15, 0.2) is 5.96 Å². The van der Waals surface area contributed by atoms with Crippen LogP contribution in [0.25, 0.3) is 0 Å². The van der Waals surface area contributed by atoms with Crippen molar-refractivity contribution in [1.82, 2.24) is 10.6 Å². The van der Waals surface area contributed by atoms with Crippen LogP contribution in [0.1, 0.15) is 30.9 Å². The van der Waals surface area contributed by atoms with Gasteiger partial charge in [-0.25, -0.2) is 4.99 Å². The van der Waals surface area contributed by atoms with E-state index in [4.69, 9.17) is 4.42 Å². The van der Waals surface area contributed by atoms with E-state index in [9.17, 15) is 18.3 Å². The fourth-order valence-corrected chi connectivity index (χ4v) is 2.43. The summed E-state index contributed by atoms with van der Waals surface area (Å²) in [7, 11) is 0. The minimum absolute atomic E-state index is 0.0381. The molecule has 0 aliphatic heterocycles. The van der Waals surface area contributed by atoms with Crippen LogP contribution in [-0.4, -0.2) is 30.5 Å². The number of benzene rings is 1. The second-order valence-corrected chi connectivity index (χ2v) is 6.39. The summed E-state index contributed by atoms with van der Waals surface area (Å²) in [6.45, 7) is 5.81. The Hall–Kier alpha value is -2.68. The Morgan fingerprint density at radius 1 is 1.18 bits per heavy atom. The normalized spacial score (nSPS) is 14.5. The van der Waals surface area contributed by atoms with Gasteiger partial charge >= 0.3 is 6.36 Å². The zero-order chi connectivity index (χ0) is 20.8. The average Bonchev–Trinajstić information content (AvgIpc) is 3.05. The van der Waals surface area contributed by atoms with E-state index in [0.29, 0.717) is 24.0 Å². The quantitative estimate of drug-likeness (QED) is 0.491. The van der Waals surface area contributed by atoms with Crippen LogP contribution in [0, 0.1) is 6.92 Å². The maximum atomic E-state index is 12.5. The SMILES string of the molecule is CCNC(=NCc1ccccc1OC(F)(F)F)NCC(C)(O)c1ccc(C)o1. The van der Waals surface area contributed by atoms with Crippen molar-refractivity contribution in [2.24, 2.45) is 4.99 Å². The standard InChI is InChI=1S/C19H24F3N3O3/c1-4-23-17(25-12-18(3,26)16-10-9-13(2)27-16)24-11-14-7-5-6-8-15(14)28-19(20,21)22/h5-10,26H,4,11-12H2,1-3H3,(H2,23,24,25). The number of furan rings is 1. The smallest absolute Gasteiger partial charge is 0.463 e. The monoisotopic (exact) mass is 399 g/mol. The number of hydrogen-bond acceptors (Lipinski definition) is 4. The molecule has 9 heteroatoms. The molecular formula is C19H24F3N3O3. The first-order valence-electron chi connectivity index (χ1n) is 8.76. The predicted molar refractivity (Wildman–Crippen MR) is 99.0 cm³/mol. The number of guanidine groups is 1. The van der Waals surface area contributed by atoms with Gasteiger partial charge in [-0.2, -0.15) is 0 Å². The third kappa shape index (κ3) is 6.49. The van der Waals surface area contributed by atoms with Crippen molar-refractivity contribution < 1.29 is 27.4 Å². The summed E-state index contributed by atoms with van der Waals surface area (Å²) in [5, 5.41) is 16.5. The number of nitrogens with one attached hydrogen (secondary N) is 2. The second kappa shape index (κ2) is 9.01. The molecule has 0 saturated heterocycles. The molecule has 0 radical (unpaired) electrons. The number of ether oxygens (including phenoxy) is 1. The molecule has 0 bridgehead atoms. The van der Waals surface area contributed by atoms with Crippen LogP contribution in [0.15, 0.2) is 45.8 Å². The highest BCUT2D eigenvalue weighted by Crippen LogP contribution is 2.26. The molecule has 2 aromatic rings. The van der Waals surface area contributed by atoms with Crippen molar-refractivity contribution >= 4 is 5.96 Å². The maximum Gasteiger partial charge on any atom is 0.573 e. The molecule has 1 heterocycles. The lowest BCUT2D eigenvalue weighted by Gasteiger charge is -2.23. The van der Waals surface area contributed by atoms with Gasteiger partial charge in [0.05, 0.1) is 13.1 Å². The third-order valence-electron chi connectivity index (χ3n) is 3.82. The maximum absolute atomic E-state index is 12.5. The second-order valence-electron chi connectivity index (χ2n) is 6.39. The Morgan fingerprint density at radius 2 is 1.89 bits per heavy atom. The van der Waals surface area contributed by atoms with Crippen molar-refractivity contribution in [3.63, 3.8) is 0 Å². The van der Waals surface area contributed by atoms with Gasteiger partial charge in [-0.3, -0.25) is 0 Å². The molecule has 0 aliphatic rings. The molecule has 0 saturated carbocycles. The topological polar surface area (TPSA) is 79.0 Å². The number of aryl methyl sites for hydroxylation is 1. The van der Waals surface area contributed by atoms with E-state index in [2.05, 4.69) is 20.4 Å². The summed E-state index contributed by atoms with van der Waals surface area (Å²) in [6, 6.07) is 9.25. The zero-order valence-corrected chi connectivity index (χ0v) is 15.9. The van der Waals surface area contributed by atoms with Crippen LogP contribution in [0.3, 0.4) is 0 Å². The Kier molecular flexibility index (Phi) is 6.95. The number of nitrogens with zero attached hydrogens (tertiary/aromatic N) is 1. The first-order chi connectivity index (χ1) is 13.1. The van der Waals surface area contributed by atoms with Gasteiger partial charge in [0.2, 0.25) is 0 Å². The highest BCUT2D eigenvalue weighted by Gasteiger charge is 2.32. The Morgan fingerprint density at radius 3 is 2.50 bits per heavy atom. The number of halogens is 3. The molecule has 6 nitrogen and oxygen atoms in total. The number of hydrogen-bond donors (Lipinski definition) is 3. The van der Waals surface area contributed by atoms with E-state index in [1.807, 2.05) is 6.92 Å². The minimum Gasteiger partial charge on any atom is -0.463 e. The fraction of sp³-hybridized carbons (Fsp3) is 0.421. The van der Waals surface area contributed by atoms with E-state index in [1.165, 1.54) is 18.2 Å². The van der Waals surface area contributed by atoms with E-state index in [-0.39, 0.29) is 24.4 Å². The molecule has 0 spiro atoms. The Bertz CT molecular complexity index is 801. The molecular weight excluding hydrogens is 375 g/mol. The van der Waals surface area contributed by atoms with Crippen LogP contribution in [0.5, 0.6) is 5.75 Å². The summed E-state index contributed by atoms with van der Waals surface area (Å²) in [5.74, 6) is 1.12. The number of aliphatic imine (C=N–C) groups is 1. The van der Waals surface area contributed by atoms with E-state index >= 15 is 0 Å². The molecule has 1 atom stereocenters. The van der Waals surface area contributed by atoms with Crippen molar-refractivity contribution in [2.45, 2.75) is 39.3 Å². The molecule has 0 amide bonds. The van der Waals surface area contributed by atoms with Gasteiger partial charge < -0.3 is 24.9 Å². The van der Waals surface area contributed by atoms with Gasteiger partial charge in [0, 0.05) is 12.1 Å². The van der Waals surface area contributed by atoms with Crippen LogP contribution < -0.4 is 15.4 Å². The summed E-state index contributed by atoms with van der Waals surface area (Å²) < 4.78 is 47.1. The van der Waals surface area contributed by atoms with Crippen molar-refractivity contribution in [3.05, 3.63) is 53.5 Å². The summed E-state index contributed by atoms with van der Waals surface area (Å²) in [5.41, 5.74) is -1.01. The van der Waals surface area contributed by atoms with Gasteiger partial charge in [-0.15, -0.1) is 13.2 Å². The van der Waals surface area contributed by atoms with Crippen molar-refractivity contribution in [3.8, 4) is 5.75 Å². The first-order valence-corrected chi connectivity index (χ1v) is 8.76. The first kappa shape index (κ1) is 21.6. The van der Waals surface area contributed by atoms with Gasteiger partial charge in [-0.05, 0) is 39.0 Å². The molecule has 3 N–H and O–H groups in total. The van der Waals surface area contributed by atoms with Crippen LogP contribution in [-0.2, 0) is 12.1 Å². The molecule has 0 aliphatic carbocycles. The molecule has 2 rings (SSSR count). The van der Waals surface area contributed by atoms with E-state index in [1.54, 1.807) is 32.0 Å². The number of aliphatic hydroxyl groups is 1. The molecule has 1 aromatic carbocycles. The zero-order valence-electron chi connectivity index (χ0n) is 15.9. The lowest BCUT2D eigenvalue weighted by atomic mass is 10.0. The number of para-hydroxylation sites is 1. The summed E-state index contributed by atoms with van der Waals surface area (Å²) in [6.07, 6.45) is -4.78. The highest BCUT2D eigenvalue weighted by atomic mass is 19.4. The van der Waals surface area contributed by atoms with Crippen molar-refractivity contribution in [1.29, 1.82) is 0 Å². The summed E-state index contributed by atoms with van der Waals surface area (Å²) in [4.78, 5) is 4.28. The number of rotatable bonds is 7. The average molecular weight is 399 g/mol. The van der Waals surface area contributed by atoms with Gasteiger partial charge in [0.25, 0.3) is 0 Å². The van der Waals surface area contributed by atoms with E-state index in [0.717, 1.165) is 0 Å². The van der Waals surface area contributed by atoms with Crippen LogP contribution in [0.2, 0.25) is 0 Å². The highest BCUT2D eigenvalue weighted by molar-refractivity contribution is 5.79. The third-order valence-corrected chi connectivity index (χ3v) is 3.82.